The zero-order valence-electron chi connectivity index (χ0n) is 32.5. The Morgan fingerprint density at radius 3 is 2.31 bits per heavy atom. The number of aromatic amines is 1. The fourth-order valence-electron chi connectivity index (χ4n) is 9.13. The summed E-state index contributed by atoms with van der Waals surface area (Å²) >= 11 is 0. The third-order valence-corrected chi connectivity index (χ3v) is 12.3. The van der Waals surface area contributed by atoms with Gasteiger partial charge in [0.1, 0.15) is 18.1 Å². The van der Waals surface area contributed by atoms with E-state index >= 15 is 0 Å². The molecule has 1 aromatic heterocycles. The fourth-order valence-corrected chi connectivity index (χ4v) is 9.13. The Kier molecular flexibility index (Phi) is 11.8. The summed E-state index contributed by atoms with van der Waals surface area (Å²) < 4.78 is 6.27. The molecular formula is C46H51N5O7. The van der Waals surface area contributed by atoms with Gasteiger partial charge in [-0.05, 0) is 116 Å². The predicted molar refractivity (Wildman–Crippen MR) is 221 cm³/mol. The fraction of sp³-hybridized carbons (Fsp3) is 0.370. The minimum atomic E-state index is -0.912. The molecule has 4 aliphatic rings. The lowest BCUT2D eigenvalue weighted by Gasteiger charge is -2.50. The number of rotatable bonds is 13. The standard InChI is InChI=1S/C46H51N5O7/c52-40-15-13-37(38-14-16-42(54)48-43(38)40)41(53)27-47-26-30-17-23-50(24-18-30)45(55)34-11-9-31(10-12-34)29-58-36-8-4-7-35(25-36)44(33-5-2-1-3-6-33)51(46(56)57)39-28-49-21-19-32(39)20-22-49/h1-16,25,30,32,39,41,44,47,52-53H,17-24,26-29H2,(H,48,54)(H,56,57)/t39?,41?,44-/m0/s1. The molecule has 0 aliphatic carbocycles. The van der Waals surface area contributed by atoms with Gasteiger partial charge in [0.05, 0.1) is 23.7 Å². The van der Waals surface area contributed by atoms with E-state index in [1.165, 1.54) is 12.1 Å². The Bertz CT molecular complexity index is 2270. The van der Waals surface area contributed by atoms with Crippen LogP contribution in [0.5, 0.6) is 11.5 Å². The maximum Gasteiger partial charge on any atom is 0.408 e. The number of H-pyrrole nitrogens is 1. The first kappa shape index (κ1) is 39.2. The second kappa shape index (κ2) is 17.4. The molecule has 2 bridgehead atoms. The summed E-state index contributed by atoms with van der Waals surface area (Å²) in [5.41, 5.74) is 3.95. The van der Waals surface area contributed by atoms with Crippen LogP contribution in [0, 0.1) is 11.8 Å². The molecule has 4 aliphatic heterocycles. The van der Waals surface area contributed by atoms with Crippen LogP contribution in [0.15, 0.2) is 108 Å². The molecule has 4 fully saturated rings. The largest absolute Gasteiger partial charge is 0.506 e. The number of nitrogens with one attached hydrogen (secondary N) is 2. The number of likely N-dealkylation sites (tertiary alicyclic amines) is 1. The highest BCUT2D eigenvalue weighted by atomic mass is 16.5. The van der Waals surface area contributed by atoms with Gasteiger partial charge in [-0.15, -0.1) is 0 Å². The number of aliphatic hydroxyl groups is 1. The third-order valence-electron chi connectivity index (χ3n) is 12.3. The zero-order valence-corrected chi connectivity index (χ0v) is 32.5. The van der Waals surface area contributed by atoms with Crippen LogP contribution in [0.4, 0.5) is 4.79 Å². The second-order valence-electron chi connectivity index (χ2n) is 16.0. The smallest absolute Gasteiger partial charge is 0.408 e. The average molecular weight is 786 g/mol. The molecule has 5 N–H and O–H groups in total. The number of aromatic hydroxyl groups is 1. The van der Waals surface area contributed by atoms with Crippen LogP contribution in [0.3, 0.4) is 0 Å². The molecule has 58 heavy (non-hydrogen) atoms. The summed E-state index contributed by atoms with van der Waals surface area (Å²) in [5.74, 6) is 1.31. The minimum absolute atomic E-state index is 0.00261. The van der Waals surface area contributed by atoms with Gasteiger partial charge < -0.3 is 40.2 Å². The summed E-state index contributed by atoms with van der Waals surface area (Å²) in [5, 5.41) is 35.7. The first-order chi connectivity index (χ1) is 28.2. The van der Waals surface area contributed by atoms with Gasteiger partial charge in [-0.2, -0.15) is 0 Å². The minimum Gasteiger partial charge on any atom is -0.506 e. The van der Waals surface area contributed by atoms with Gasteiger partial charge in [0.15, 0.2) is 0 Å². The quantitative estimate of drug-likeness (QED) is 0.0945. The number of pyridine rings is 1. The van der Waals surface area contributed by atoms with E-state index in [0.29, 0.717) is 72.4 Å². The topological polar surface area (TPSA) is 159 Å². The van der Waals surface area contributed by atoms with Gasteiger partial charge >= 0.3 is 6.09 Å². The SMILES string of the molecule is O=C(c1ccc(COc2cccc([C@H](c3ccccc3)N(C(=O)O)C3CN4CCC3CC4)c2)cc1)N1CCC(CNCC(O)c2ccc(O)c3[nH]c(=O)ccc23)CC1. The van der Waals surface area contributed by atoms with Crippen molar-refractivity contribution in [1.82, 2.24) is 25.0 Å². The highest BCUT2D eigenvalue weighted by Crippen LogP contribution is 2.39. The number of phenolic OH excluding ortho intramolecular Hbond substituents is 1. The van der Waals surface area contributed by atoms with Crippen molar-refractivity contribution in [3.63, 3.8) is 0 Å². The van der Waals surface area contributed by atoms with Crippen molar-refractivity contribution in [2.45, 2.75) is 50.5 Å². The highest BCUT2D eigenvalue weighted by molar-refractivity contribution is 5.94. The summed E-state index contributed by atoms with van der Waals surface area (Å²) in [4.78, 5) is 46.8. The van der Waals surface area contributed by atoms with E-state index in [1.54, 1.807) is 17.0 Å². The highest BCUT2D eigenvalue weighted by Gasteiger charge is 2.43. The predicted octanol–water partition coefficient (Wildman–Crippen LogP) is 6.15. The summed E-state index contributed by atoms with van der Waals surface area (Å²) in [7, 11) is 0. The number of amides is 2. The second-order valence-corrected chi connectivity index (χ2v) is 16.0. The van der Waals surface area contributed by atoms with Crippen LogP contribution < -0.4 is 15.6 Å². The molecule has 0 spiro atoms. The molecule has 302 valence electrons. The van der Waals surface area contributed by atoms with Crippen molar-refractivity contribution in [3.8, 4) is 11.5 Å². The molecule has 12 heteroatoms. The number of ether oxygens (including phenoxy) is 1. The molecular weight excluding hydrogens is 735 g/mol. The van der Waals surface area contributed by atoms with Gasteiger partial charge in [-0.3, -0.25) is 14.5 Å². The number of benzene rings is 4. The molecule has 4 saturated heterocycles. The van der Waals surface area contributed by atoms with E-state index in [-0.39, 0.29) is 23.3 Å². The molecule has 5 heterocycles. The van der Waals surface area contributed by atoms with E-state index in [4.69, 9.17) is 4.74 Å². The first-order valence-corrected chi connectivity index (χ1v) is 20.3. The number of fused-ring (bicyclic) bond motifs is 4. The van der Waals surface area contributed by atoms with Crippen LogP contribution in [0.25, 0.3) is 10.9 Å². The van der Waals surface area contributed by atoms with Crippen LogP contribution in [-0.4, -0.2) is 98.9 Å². The molecule has 2 amide bonds. The van der Waals surface area contributed by atoms with Crippen molar-refractivity contribution in [2.24, 2.45) is 11.8 Å². The number of piperidine rings is 4. The first-order valence-electron chi connectivity index (χ1n) is 20.3. The van der Waals surface area contributed by atoms with Crippen LogP contribution in [-0.2, 0) is 6.61 Å². The lowest BCUT2D eigenvalue weighted by molar-refractivity contribution is -0.000814. The molecule has 9 rings (SSSR count). The van der Waals surface area contributed by atoms with E-state index in [1.807, 2.05) is 83.8 Å². The number of carbonyl (C=O) groups excluding carboxylic acids is 1. The number of aromatic nitrogens is 1. The molecule has 2 unspecified atom stereocenters. The molecule has 5 aromatic rings. The van der Waals surface area contributed by atoms with Crippen molar-refractivity contribution in [3.05, 3.63) is 141 Å². The van der Waals surface area contributed by atoms with E-state index in [0.717, 1.165) is 62.0 Å². The maximum absolute atomic E-state index is 13.4. The summed E-state index contributed by atoms with van der Waals surface area (Å²) in [6.45, 7) is 5.43. The van der Waals surface area contributed by atoms with Crippen LogP contribution >= 0.6 is 0 Å². The Hall–Kier alpha value is -5.69. The normalized spacial score (nSPS) is 20.4. The van der Waals surface area contributed by atoms with E-state index in [9.17, 15) is 29.7 Å². The third kappa shape index (κ3) is 8.59. The van der Waals surface area contributed by atoms with Crippen LogP contribution in [0.2, 0.25) is 0 Å². The Morgan fingerprint density at radius 2 is 1.60 bits per heavy atom. The lowest BCUT2D eigenvalue weighted by Crippen LogP contribution is -2.59. The van der Waals surface area contributed by atoms with Gasteiger partial charge in [0, 0.05) is 43.2 Å². The van der Waals surface area contributed by atoms with Gasteiger partial charge in [0.25, 0.3) is 5.91 Å². The number of carboxylic acid groups (broad SMARTS) is 1. The number of phenols is 1. The average Bonchev–Trinajstić information content (AvgIpc) is 3.26. The number of nitrogens with zero attached hydrogens (tertiary/aromatic N) is 3. The lowest BCUT2D eigenvalue weighted by atomic mass is 9.81. The summed E-state index contributed by atoms with van der Waals surface area (Å²) in [6.07, 6.45) is 1.99. The number of carbonyl (C=O) groups is 2. The van der Waals surface area contributed by atoms with Gasteiger partial charge in [0.2, 0.25) is 5.56 Å². The molecule has 12 nitrogen and oxygen atoms in total. The van der Waals surface area contributed by atoms with Crippen molar-refractivity contribution in [1.29, 1.82) is 0 Å². The maximum atomic E-state index is 13.4. The van der Waals surface area contributed by atoms with Crippen molar-refractivity contribution < 1.29 is 29.6 Å². The molecule has 3 atom stereocenters. The molecule has 0 saturated carbocycles. The number of hydrogen-bond acceptors (Lipinski definition) is 8. The van der Waals surface area contributed by atoms with E-state index < -0.39 is 18.2 Å². The Morgan fingerprint density at radius 1 is 0.862 bits per heavy atom. The van der Waals surface area contributed by atoms with Gasteiger partial charge in [-0.1, -0.05) is 60.7 Å². The van der Waals surface area contributed by atoms with Crippen molar-refractivity contribution >= 4 is 22.9 Å². The van der Waals surface area contributed by atoms with Gasteiger partial charge in [-0.25, -0.2) is 4.79 Å². The Labute approximate surface area is 337 Å². The molecule has 4 aromatic carbocycles. The van der Waals surface area contributed by atoms with Crippen molar-refractivity contribution in [2.75, 3.05) is 45.8 Å². The zero-order chi connectivity index (χ0) is 40.2. The number of hydrogen-bond donors (Lipinski definition) is 5. The Balaban J connectivity index is 0.841. The number of aliphatic hydroxyl groups excluding tert-OH is 1. The molecule has 0 radical (unpaired) electrons. The van der Waals surface area contributed by atoms with E-state index in [2.05, 4.69) is 15.2 Å². The summed E-state index contributed by atoms with van der Waals surface area (Å²) in [6, 6.07) is 30.7. The van der Waals surface area contributed by atoms with Crippen LogP contribution in [0.1, 0.15) is 70.4 Å². The monoisotopic (exact) mass is 785 g/mol.